The van der Waals surface area contributed by atoms with Gasteiger partial charge in [-0.1, -0.05) is 0 Å². The van der Waals surface area contributed by atoms with E-state index in [-0.39, 0.29) is 11.6 Å². The van der Waals surface area contributed by atoms with Crippen molar-refractivity contribution in [3.05, 3.63) is 29.8 Å². The summed E-state index contributed by atoms with van der Waals surface area (Å²) in [5.41, 5.74) is 0.382. The summed E-state index contributed by atoms with van der Waals surface area (Å²) >= 11 is 0. The highest BCUT2D eigenvalue weighted by Crippen LogP contribution is 2.22. The van der Waals surface area contributed by atoms with Gasteiger partial charge in [-0.2, -0.15) is 0 Å². The van der Waals surface area contributed by atoms with Crippen molar-refractivity contribution in [2.75, 3.05) is 7.11 Å². The van der Waals surface area contributed by atoms with Gasteiger partial charge in [-0.15, -0.1) is 13.2 Å². The minimum atomic E-state index is -4.70. The second-order valence-corrected chi connectivity index (χ2v) is 2.61. The molecule has 15 heavy (non-hydrogen) atoms. The fourth-order valence-electron chi connectivity index (χ4n) is 0.926. The first-order valence-electron chi connectivity index (χ1n) is 3.91. The first-order valence-corrected chi connectivity index (χ1v) is 3.91. The van der Waals surface area contributed by atoms with E-state index in [1.807, 2.05) is 0 Å². The maximum Gasteiger partial charge on any atom is 0.573 e. The number of halogens is 3. The van der Waals surface area contributed by atoms with Gasteiger partial charge in [0.25, 0.3) is 0 Å². The molecule has 1 N–H and O–H groups in total. The fourth-order valence-corrected chi connectivity index (χ4v) is 0.926. The van der Waals surface area contributed by atoms with E-state index >= 15 is 0 Å². The lowest BCUT2D eigenvalue weighted by molar-refractivity contribution is -0.274. The van der Waals surface area contributed by atoms with E-state index in [0.717, 1.165) is 12.1 Å². The van der Waals surface area contributed by atoms with E-state index in [2.05, 4.69) is 9.47 Å². The van der Waals surface area contributed by atoms with Crippen LogP contribution < -0.4 is 4.74 Å². The average molecular weight is 219 g/mol. The molecule has 0 fully saturated rings. The van der Waals surface area contributed by atoms with Gasteiger partial charge in [0.15, 0.2) is 0 Å². The van der Waals surface area contributed by atoms with Crippen molar-refractivity contribution in [1.82, 2.24) is 0 Å². The van der Waals surface area contributed by atoms with Gasteiger partial charge in [0.2, 0.25) is 5.90 Å². The van der Waals surface area contributed by atoms with Crippen LogP contribution in [-0.2, 0) is 4.74 Å². The lowest BCUT2D eigenvalue weighted by atomic mass is 10.2. The van der Waals surface area contributed by atoms with Crippen LogP contribution in [0.25, 0.3) is 0 Å². The van der Waals surface area contributed by atoms with Gasteiger partial charge >= 0.3 is 6.36 Å². The van der Waals surface area contributed by atoms with Crippen LogP contribution in [-0.4, -0.2) is 19.4 Å². The normalized spacial score (nSPS) is 10.9. The predicted octanol–water partition coefficient (Wildman–Crippen LogP) is 2.56. The van der Waals surface area contributed by atoms with Gasteiger partial charge in [-0.05, 0) is 24.3 Å². The van der Waals surface area contributed by atoms with E-state index in [0.29, 0.717) is 5.56 Å². The maximum atomic E-state index is 11.8. The first kappa shape index (κ1) is 11.4. The highest BCUT2D eigenvalue weighted by Gasteiger charge is 2.30. The third-order valence-electron chi connectivity index (χ3n) is 1.55. The van der Waals surface area contributed by atoms with Gasteiger partial charge in [-0.3, -0.25) is 5.41 Å². The summed E-state index contributed by atoms with van der Waals surface area (Å²) in [6.45, 7) is 0. The Morgan fingerprint density at radius 3 is 2.13 bits per heavy atom. The number of ether oxygens (including phenoxy) is 2. The van der Waals surface area contributed by atoms with E-state index in [1.165, 1.54) is 19.2 Å². The van der Waals surface area contributed by atoms with E-state index in [9.17, 15) is 13.2 Å². The van der Waals surface area contributed by atoms with Crippen LogP contribution in [0.2, 0.25) is 0 Å². The Labute approximate surface area is 83.9 Å². The number of methoxy groups -OCH3 is 1. The van der Waals surface area contributed by atoms with Gasteiger partial charge in [0, 0.05) is 5.56 Å². The van der Waals surface area contributed by atoms with Gasteiger partial charge in [-0.25, -0.2) is 0 Å². The zero-order valence-electron chi connectivity index (χ0n) is 7.76. The summed E-state index contributed by atoms with van der Waals surface area (Å²) in [7, 11) is 1.31. The molecule has 1 aromatic carbocycles. The molecule has 0 atom stereocenters. The minimum Gasteiger partial charge on any atom is -0.481 e. The Morgan fingerprint density at radius 2 is 1.73 bits per heavy atom. The minimum absolute atomic E-state index is 0.117. The van der Waals surface area contributed by atoms with Crippen LogP contribution in [0.15, 0.2) is 24.3 Å². The summed E-state index contributed by atoms with van der Waals surface area (Å²) < 4.78 is 43.6. The molecule has 0 radical (unpaired) electrons. The molecule has 1 aromatic rings. The first-order chi connectivity index (χ1) is 6.92. The summed E-state index contributed by atoms with van der Waals surface area (Å²) in [5.74, 6) is -0.441. The van der Waals surface area contributed by atoms with E-state index < -0.39 is 6.36 Å². The van der Waals surface area contributed by atoms with E-state index in [4.69, 9.17) is 5.41 Å². The molecule has 0 aliphatic heterocycles. The molecule has 0 bridgehead atoms. The van der Waals surface area contributed by atoms with Crippen LogP contribution in [0.4, 0.5) is 13.2 Å². The SMILES string of the molecule is COC(=N)c1ccc(OC(F)(F)F)cc1. The zero-order valence-corrected chi connectivity index (χ0v) is 7.76. The standard InChI is InChI=1S/C9H8F3NO2/c1-14-8(13)6-2-4-7(5-3-6)15-9(10,11)12/h2-5,13H,1H3. The van der Waals surface area contributed by atoms with Crippen molar-refractivity contribution in [1.29, 1.82) is 5.41 Å². The van der Waals surface area contributed by atoms with Gasteiger partial charge in [0.05, 0.1) is 7.11 Å². The third-order valence-corrected chi connectivity index (χ3v) is 1.55. The van der Waals surface area contributed by atoms with Crippen molar-refractivity contribution in [3.8, 4) is 5.75 Å². The monoisotopic (exact) mass is 219 g/mol. The molecule has 0 amide bonds. The molecule has 0 saturated carbocycles. The molecule has 0 unspecified atom stereocenters. The lowest BCUT2D eigenvalue weighted by Crippen LogP contribution is -2.17. The van der Waals surface area contributed by atoms with Crippen LogP contribution in [0, 0.1) is 5.41 Å². The molecular formula is C9H8F3NO2. The number of hydrogen-bond donors (Lipinski definition) is 1. The van der Waals surface area contributed by atoms with Crippen molar-refractivity contribution in [2.45, 2.75) is 6.36 Å². The molecule has 0 heterocycles. The van der Waals surface area contributed by atoms with Crippen LogP contribution in [0.3, 0.4) is 0 Å². The van der Waals surface area contributed by atoms with Crippen molar-refractivity contribution < 1.29 is 22.6 Å². The second kappa shape index (κ2) is 4.20. The summed E-state index contributed by atoms with van der Waals surface area (Å²) in [5, 5.41) is 7.24. The molecule has 0 aliphatic carbocycles. The Balaban J connectivity index is 2.77. The molecule has 0 spiro atoms. The summed E-state index contributed by atoms with van der Waals surface area (Å²) in [6.07, 6.45) is -4.70. The highest BCUT2D eigenvalue weighted by atomic mass is 19.4. The Bertz CT molecular complexity index is 345. The summed E-state index contributed by atoms with van der Waals surface area (Å²) in [4.78, 5) is 0. The number of rotatable bonds is 2. The lowest BCUT2D eigenvalue weighted by Gasteiger charge is -2.09. The Morgan fingerprint density at radius 1 is 1.20 bits per heavy atom. The Hall–Kier alpha value is -1.72. The quantitative estimate of drug-likeness (QED) is 0.613. The van der Waals surface area contributed by atoms with Crippen molar-refractivity contribution in [3.63, 3.8) is 0 Å². The predicted molar refractivity (Wildman–Crippen MR) is 47.0 cm³/mol. The fraction of sp³-hybridized carbons (Fsp3) is 0.222. The van der Waals surface area contributed by atoms with Crippen molar-refractivity contribution in [2.24, 2.45) is 0 Å². The number of benzene rings is 1. The van der Waals surface area contributed by atoms with Crippen LogP contribution >= 0.6 is 0 Å². The molecule has 0 saturated heterocycles. The topological polar surface area (TPSA) is 42.3 Å². The average Bonchev–Trinajstić information content (AvgIpc) is 2.15. The molecule has 6 heteroatoms. The molecule has 1 rings (SSSR count). The zero-order chi connectivity index (χ0) is 11.5. The second-order valence-electron chi connectivity index (χ2n) is 2.61. The smallest absolute Gasteiger partial charge is 0.481 e. The molecule has 0 aromatic heterocycles. The third kappa shape index (κ3) is 3.49. The van der Waals surface area contributed by atoms with E-state index in [1.54, 1.807) is 0 Å². The van der Waals surface area contributed by atoms with Gasteiger partial charge in [0.1, 0.15) is 5.75 Å². The number of hydrogen-bond acceptors (Lipinski definition) is 3. The number of alkyl halides is 3. The Kier molecular flexibility index (Phi) is 3.18. The highest BCUT2D eigenvalue weighted by molar-refractivity contribution is 5.91. The molecule has 0 aliphatic rings. The molecule has 82 valence electrons. The summed E-state index contributed by atoms with van der Waals surface area (Å²) in [6, 6.07) is 4.87. The number of nitrogens with one attached hydrogen (secondary N) is 1. The van der Waals surface area contributed by atoms with Crippen LogP contribution in [0.1, 0.15) is 5.56 Å². The maximum absolute atomic E-state index is 11.8. The molecule has 3 nitrogen and oxygen atoms in total. The van der Waals surface area contributed by atoms with Crippen molar-refractivity contribution >= 4 is 5.90 Å². The largest absolute Gasteiger partial charge is 0.573 e. The van der Waals surface area contributed by atoms with Crippen LogP contribution in [0.5, 0.6) is 5.75 Å². The van der Waals surface area contributed by atoms with Gasteiger partial charge < -0.3 is 9.47 Å². The molecular weight excluding hydrogens is 211 g/mol.